The first-order valence-corrected chi connectivity index (χ1v) is 4.90. The van der Waals surface area contributed by atoms with Gasteiger partial charge < -0.3 is 10.2 Å². The summed E-state index contributed by atoms with van der Waals surface area (Å²) in [6.45, 7) is 0. The number of carbonyl (C=O) groups is 1. The lowest BCUT2D eigenvalue weighted by molar-refractivity contribution is -0.147. The van der Waals surface area contributed by atoms with Crippen LogP contribution in [-0.2, 0) is 10.2 Å². The summed E-state index contributed by atoms with van der Waals surface area (Å²) >= 11 is 0. The van der Waals surface area contributed by atoms with Crippen LogP contribution in [0.3, 0.4) is 0 Å². The molecule has 1 fully saturated rings. The lowest BCUT2D eigenvalue weighted by Crippen LogP contribution is -2.43. The molecule has 0 amide bonds. The molecule has 5 heteroatoms. The van der Waals surface area contributed by atoms with Crippen LogP contribution in [-0.4, -0.2) is 16.2 Å². The van der Waals surface area contributed by atoms with Crippen molar-refractivity contribution in [3.8, 4) is 5.75 Å². The first-order chi connectivity index (χ1) is 7.49. The van der Waals surface area contributed by atoms with E-state index in [0.29, 0.717) is 19.3 Å². The van der Waals surface area contributed by atoms with E-state index in [9.17, 15) is 13.6 Å². The summed E-state index contributed by atoms with van der Waals surface area (Å²) < 4.78 is 26.7. The molecule has 16 heavy (non-hydrogen) atoms. The number of carboxylic acid groups (broad SMARTS) is 1. The van der Waals surface area contributed by atoms with Gasteiger partial charge in [0.05, 0.1) is 5.41 Å². The summed E-state index contributed by atoms with van der Waals surface area (Å²) in [6, 6.07) is 2.12. The third kappa shape index (κ3) is 1.27. The lowest BCUT2D eigenvalue weighted by atomic mass is 9.64. The number of benzene rings is 1. The Hall–Kier alpha value is -1.65. The maximum atomic E-state index is 13.5. The highest BCUT2D eigenvalue weighted by atomic mass is 19.2. The monoisotopic (exact) mass is 228 g/mol. The van der Waals surface area contributed by atoms with E-state index in [1.807, 2.05) is 0 Å². The zero-order chi connectivity index (χ0) is 11.9. The Labute approximate surface area is 90.3 Å². The number of phenolic OH excluding ortho intramolecular Hbond substituents is 1. The predicted molar refractivity (Wildman–Crippen MR) is 51.2 cm³/mol. The molecule has 1 saturated carbocycles. The number of aliphatic carboxylic acids is 1. The molecule has 86 valence electrons. The van der Waals surface area contributed by atoms with Gasteiger partial charge in [0, 0.05) is 5.56 Å². The van der Waals surface area contributed by atoms with Crippen molar-refractivity contribution in [2.24, 2.45) is 0 Å². The molecule has 1 aliphatic carbocycles. The Morgan fingerprint density at radius 3 is 2.31 bits per heavy atom. The van der Waals surface area contributed by atoms with Gasteiger partial charge in [0.2, 0.25) is 5.82 Å². The summed E-state index contributed by atoms with van der Waals surface area (Å²) in [5.74, 6) is -4.60. The fraction of sp³-hybridized carbons (Fsp3) is 0.364. The molecule has 3 nitrogen and oxygen atoms in total. The summed E-state index contributed by atoms with van der Waals surface area (Å²) in [6.07, 6.45) is 1.27. The van der Waals surface area contributed by atoms with Crippen LogP contribution in [0.5, 0.6) is 5.75 Å². The number of aromatic hydroxyl groups is 1. The molecule has 1 aromatic carbocycles. The van der Waals surface area contributed by atoms with Crippen molar-refractivity contribution in [3.05, 3.63) is 29.3 Å². The summed E-state index contributed by atoms with van der Waals surface area (Å²) in [5, 5.41) is 18.0. The molecule has 0 bridgehead atoms. The highest BCUT2D eigenvalue weighted by molar-refractivity contribution is 5.82. The molecule has 0 aromatic heterocycles. The van der Waals surface area contributed by atoms with Crippen LogP contribution < -0.4 is 0 Å². The highest BCUT2D eigenvalue weighted by Gasteiger charge is 2.48. The number of rotatable bonds is 2. The fourth-order valence-corrected chi connectivity index (χ4v) is 2.04. The minimum atomic E-state index is -1.38. The second kappa shape index (κ2) is 3.43. The third-order valence-corrected chi connectivity index (χ3v) is 3.19. The second-order valence-electron chi connectivity index (χ2n) is 4.00. The van der Waals surface area contributed by atoms with Crippen molar-refractivity contribution < 1.29 is 23.8 Å². The molecule has 0 spiro atoms. The molecule has 0 saturated heterocycles. The van der Waals surface area contributed by atoms with Crippen LogP contribution in [0.25, 0.3) is 0 Å². The number of hydrogen-bond acceptors (Lipinski definition) is 2. The van der Waals surface area contributed by atoms with Gasteiger partial charge in [0.1, 0.15) is 0 Å². The quantitative estimate of drug-likeness (QED) is 0.815. The fourth-order valence-electron chi connectivity index (χ4n) is 2.04. The van der Waals surface area contributed by atoms with E-state index in [2.05, 4.69) is 0 Å². The van der Waals surface area contributed by atoms with Gasteiger partial charge in [0.15, 0.2) is 11.6 Å². The lowest BCUT2D eigenvalue weighted by Gasteiger charge is -2.38. The smallest absolute Gasteiger partial charge is 0.314 e. The first kappa shape index (κ1) is 10.9. The minimum absolute atomic E-state index is 0.179. The Morgan fingerprint density at radius 2 is 1.88 bits per heavy atom. The van der Waals surface area contributed by atoms with Gasteiger partial charge >= 0.3 is 5.97 Å². The summed E-state index contributed by atoms with van der Waals surface area (Å²) in [4.78, 5) is 11.1. The molecule has 0 radical (unpaired) electrons. The van der Waals surface area contributed by atoms with Gasteiger partial charge in [-0.25, -0.2) is 4.39 Å². The molecule has 1 aliphatic rings. The first-order valence-electron chi connectivity index (χ1n) is 4.90. The van der Waals surface area contributed by atoms with Gasteiger partial charge in [-0.2, -0.15) is 4.39 Å². The second-order valence-corrected chi connectivity index (χ2v) is 4.00. The number of phenols is 1. The van der Waals surface area contributed by atoms with Gasteiger partial charge in [-0.15, -0.1) is 0 Å². The topological polar surface area (TPSA) is 57.5 Å². The van der Waals surface area contributed by atoms with Crippen molar-refractivity contribution in [1.82, 2.24) is 0 Å². The SMILES string of the molecule is O=C(O)C1(c2ccc(O)c(F)c2F)CCC1. The van der Waals surface area contributed by atoms with Gasteiger partial charge in [-0.05, 0) is 18.9 Å². The van der Waals surface area contributed by atoms with Crippen molar-refractivity contribution in [1.29, 1.82) is 0 Å². The molecule has 0 unspecified atom stereocenters. The van der Waals surface area contributed by atoms with Crippen LogP contribution >= 0.6 is 0 Å². The standard InChI is InChI=1S/C11H10F2O3/c12-8-6(2-3-7(14)9(8)13)11(10(15)16)4-1-5-11/h2-3,14H,1,4-5H2,(H,15,16). The molecule has 1 aromatic rings. The molecule has 2 rings (SSSR count). The van der Waals surface area contributed by atoms with E-state index in [0.717, 1.165) is 12.1 Å². The van der Waals surface area contributed by atoms with Crippen molar-refractivity contribution in [2.75, 3.05) is 0 Å². The largest absolute Gasteiger partial charge is 0.505 e. The molecule has 0 atom stereocenters. The normalized spacial score (nSPS) is 17.9. The van der Waals surface area contributed by atoms with Crippen LogP contribution in [0.4, 0.5) is 8.78 Å². The average molecular weight is 228 g/mol. The van der Waals surface area contributed by atoms with E-state index in [1.165, 1.54) is 0 Å². The number of halogens is 2. The molecular weight excluding hydrogens is 218 g/mol. The molecule has 0 aliphatic heterocycles. The maximum Gasteiger partial charge on any atom is 0.314 e. The Morgan fingerprint density at radius 1 is 1.25 bits per heavy atom. The summed E-state index contributed by atoms with van der Waals surface area (Å²) in [7, 11) is 0. The zero-order valence-electron chi connectivity index (χ0n) is 8.33. The van der Waals surface area contributed by atoms with Gasteiger partial charge in [0.25, 0.3) is 0 Å². The average Bonchev–Trinajstić information content (AvgIpc) is 2.16. The molecule has 0 heterocycles. The van der Waals surface area contributed by atoms with E-state index in [4.69, 9.17) is 10.2 Å². The van der Waals surface area contributed by atoms with Crippen LogP contribution in [0.1, 0.15) is 24.8 Å². The zero-order valence-corrected chi connectivity index (χ0v) is 8.33. The predicted octanol–water partition coefficient (Wildman–Crippen LogP) is 2.18. The van der Waals surface area contributed by atoms with E-state index in [-0.39, 0.29) is 5.56 Å². The van der Waals surface area contributed by atoms with Crippen molar-refractivity contribution in [2.45, 2.75) is 24.7 Å². The van der Waals surface area contributed by atoms with Gasteiger partial charge in [-0.3, -0.25) is 4.79 Å². The van der Waals surface area contributed by atoms with Crippen molar-refractivity contribution in [3.63, 3.8) is 0 Å². The number of carboxylic acids is 1. The Kier molecular flexibility index (Phi) is 2.33. The summed E-state index contributed by atoms with van der Waals surface area (Å²) in [5.41, 5.74) is -1.50. The van der Waals surface area contributed by atoms with Crippen LogP contribution in [0.2, 0.25) is 0 Å². The van der Waals surface area contributed by atoms with E-state index in [1.54, 1.807) is 0 Å². The van der Waals surface area contributed by atoms with Crippen LogP contribution in [0, 0.1) is 11.6 Å². The highest BCUT2D eigenvalue weighted by Crippen LogP contribution is 2.45. The minimum Gasteiger partial charge on any atom is -0.505 e. The maximum absolute atomic E-state index is 13.5. The van der Waals surface area contributed by atoms with Gasteiger partial charge in [-0.1, -0.05) is 12.5 Å². The van der Waals surface area contributed by atoms with E-state index < -0.39 is 28.8 Å². The molecule has 2 N–H and O–H groups in total. The number of hydrogen-bond donors (Lipinski definition) is 2. The van der Waals surface area contributed by atoms with E-state index >= 15 is 0 Å². The Bertz CT molecular complexity index is 453. The third-order valence-electron chi connectivity index (χ3n) is 3.19. The Balaban J connectivity index is 2.56. The van der Waals surface area contributed by atoms with Crippen LogP contribution in [0.15, 0.2) is 12.1 Å². The molecular formula is C11H10F2O3. The van der Waals surface area contributed by atoms with Crippen molar-refractivity contribution >= 4 is 5.97 Å².